The first-order valence-electron chi connectivity index (χ1n) is 10.0. The first kappa shape index (κ1) is 22.5. The molecule has 1 amide bonds. The Kier molecular flexibility index (Phi) is 5.94. The lowest BCUT2D eigenvalue weighted by Crippen LogP contribution is -2.16. The van der Waals surface area contributed by atoms with Gasteiger partial charge in [0.25, 0.3) is 5.91 Å². The molecule has 0 spiro atoms. The van der Waals surface area contributed by atoms with Crippen LogP contribution in [0.1, 0.15) is 45.5 Å². The molecule has 0 aliphatic carbocycles. The Balaban J connectivity index is 1.82. The lowest BCUT2D eigenvalue weighted by atomic mass is 10.1. The number of rotatable bonds is 5. The van der Waals surface area contributed by atoms with Crippen molar-refractivity contribution < 1.29 is 23.1 Å². The van der Waals surface area contributed by atoms with Crippen LogP contribution >= 0.6 is 11.3 Å². The second-order valence-corrected chi connectivity index (χ2v) is 8.93. The van der Waals surface area contributed by atoms with Crippen molar-refractivity contribution in [3.63, 3.8) is 0 Å². The first-order valence-corrected chi connectivity index (χ1v) is 10.8. The summed E-state index contributed by atoms with van der Waals surface area (Å²) in [5, 5.41) is 7.27. The van der Waals surface area contributed by atoms with Gasteiger partial charge in [-0.25, -0.2) is 23.2 Å². The van der Waals surface area contributed by atoms with Crippen LogP contribution in [0, 0.1) is 18.6 Å². The standard InChI is InChI=1S/C23H20F2N4O3S/c1-11(2)29-21-15(10-26-29)13(7-19(27-21)20-6-5-12(3)33-20)22(30)28-18-8-14(23(31)32-4)16(24)9-17(18)25/h5-11H,1-4H3,(H,28,30). The van der Waals surface area contributed by atoms with Crippen LogP contribution in [0.3, 0.4) is 0 Å². The van der Waals surface area contributed by atoms with Gasteiger partial charge in [0.05, 0.1) is 46.1 Å². The molecule has 0 bridgehead atoms. The number of amides is 1. The molecule has 0 aliphatic heterocycles. The number of aromatic nitrogens is 3. The molecule has 3 aromatic heterocycles. The zero-order valence-corrected chi connectivity index (χ0v) is 19.1. The van der Waals surface area contributed by atoms with Crippen LogP contribution in [-0.4, -0.2) is 33.8 Å². The topological polar surface area (TPSA) is 86.1 Å². The van der Waals surface area contributed by atoms with Gasteiger partial charge in [0.1, 0.15) is 11.6 Å². The summed E-state index contributed by atoms with van der Waals surface area (Å²) in [6.07, 6.45) is 1.53. The number of anilines is 1. The SMILES string of the molecule is COC(=O)c1cc(NC(=O)c2cc(-c3ccc(C)s3)nc3c2cnn3C(C)C)c(F)cc1F. The van der Waals surface area contributed by atoms with Gasteiger partial charge in [-0.3, -0.25) is 4.79 Å². The molecule has 1 aromatic carbocycles. The summed E-state index contributed by atoms with van der Waals surface area (Å²) in [6.45, 7) is 5.85. The quantitative estimate of drug-likeness (QED) is 0.397. The molecule has 10 heteroatoms. The van der Waals surface area contributed by atoms with E-state index in [0.29, 0.717) is 22.8 Å². The molecule has 4 aromatic rings. The van der Waals surface area contributed by atoms with Crippen molar-refractivity contribution in [1.82, 2.24) is 14.8 Å². The molecule has 0 saturated heterocycles. The van der Waals surface area contributed by atoms with Crippen molar-refractivity contribution in [3.05, 3.63) is 64.2 Å². The summed E-state index contributed by atoms with van der Waals surface area (Å²) in [5.41, 5.74) is 0.459. The number of carbonyl (C=O) groups is 2. The predicted octanol–water partition coefficient (Wildman–Crippen LogP) is 5.37. The number of esters is 1. The van der Waals surface area contributed by atoms with Crippen molar-refractivity contribution in [2.75, 3.05) is 12.4 Å². The summed E-state index contributed by atoms with van der Waals surface area (Å²) in [7, 11) is 1.08. The summed E-state index contributed by atoms with van der Waals surface area (Å²) in [6, 6.07) is 6.90. The van der Waals surface area contributed by atoms with E-state index in [1.165, 1.54) is 17.5 Å². The number of carbonyl (C=O) groups excluding carboxylic acids is 2. The minimum absolute atomic E-state index is 0.0107. The molecule has 3 heterocycles. The Morgan fingerprint density at radius 1 is 1.12 bits per heavy atom. The van der Waals surface area contributed by atoms with E-state index in [1.807, 2.05) is 32.9 Å². The van der Waals surface area contributed by atoms with Gasteiger partial charge in [-0.1, -0.05) is 0 Å². The van der Waals surface area contributed by atoms with Crippen LogP contribution in [-0.2, 0) is 4.74 Å². The number of ether oxygens (including phenoxy) is 1. The minimum Gasteiger partial charge on any atom is -0.465 e. The third kappa shape index (κ3) is 4.21. The van der Waals surface area contributed by atoms with E-state index in [9.17, 15) is 18.4 Å². The molecule has 1 N–H and O–H groups in total. The average molecular weight is 471 g/mol. The Bertz CT molecular complexity index is 1390. The summed E-state index contributed by atoms with van der Waals surface area (Å²) < 4.78 is 34.6. The second-order valence-electron chi connectivity index (χ2n) is 7.64. The molecule has 0 saturated carbocycles. The number of thiophene rings is 1. The van der Waals surface area contributed by atoms with Gasteiger partial charge >= 0.3 is 5.97 Å². The number of hydrogen-bond acceptors (Lipinski definition) is 6. The molecular formula is C23H20F2N4O3S. The van der Waals surface area contributed by atoms with Gasteiger partial charge in [-0.15, -0.1) is 11.3 Å². The monoisotopic (exact) mass is 470 g/mol. The average Bonchev–Trinajstić information content (AvgIpc) is 3.40. The number of halogens is 2. The summed E-state index contributed by atoms with van der Waals surface area (Å²) in [5.74, 6) is -3.74. The van der Waals surface area contributed by atoms with Crippen LogP contribution in [0.4, 0.5) is 14.5 Å². The van der Waals surface area contributed by atoms with Crippen LogP contribution in [0.2, 0.25) is 0 Å². The number of methoxy groups -OCH3 is 1. The Hall–Kier alpha value is -3.66. The third-order valence-electron chi connectivity index (χ3n) is 5.00. The minimum atomic E-state index is -1.09. The van der Waals surface area contributed by atoms with Crippen molar-refractivity contribution in [2.45, 2.75) is 26.8 Å². The van der Waals surface area contributed by atoms with E-state index >= 15 is 0 Å². The highest BCUT2D eigenvalue weighted by Crippen LogP contribution is 2.31. The number of nitrogens with zero attached hydrogens (tertiary/aromatic N) is 3. The lowest BCUT2D eigenvalue weighted by Gasteiger charge is -2.12. The largest absolute Gasteiger partial charge is 0.465 e. The number of hydrogen-bond donors (Lipinski definition) is 1. The molecule has 0 unspecified atom stereocenters. The highest BCUT2D eigenvalue weighted by molar-refractivity contribution is 7.15. The molecule has 0 aliphatic rings. The number of fused-ring (bicyclic) bond motifs is 1. The molecule has 4 rings (SSSR count). The Morgan fingerprint density at radius 3 is 2.52 bits per heavy atom. The number of benzene rings is 1. The van der Waals surface area contributed by atoms with E-state index in [-0.39, 0.29) is 17.3 Å². The van der Waals surface area contributed by atoms with Crippen molar-refractivity contribution >= 4 is 39.9 Å². The molecular weight excluding hydrogens is 450 g/mol. The van der Waals surface area contributed by atoms with Crippen LogP contribution in [0.25, 0.3) is 21.6 Å². The normalized spacial score (nSPS) is 11.2. The van der Waals surface area contributed by atoms with E-state index in [2.05, 4.69) is 15.2 Å². The van der Waals surface area contributed by atoms with E-state index < -0.39 is 29.1 Å². The second kappa shape index (κ2) is 8.70. The number of nitrogens with one attached hydrogen (secondary N) is 1. The molecule has 0 fully saturated rings. The van der Waals surface area contributed by atoms with Crippen molar-refractivity contribution in [2.24, 2.45) is 0 Å². The van der Waals surface area contributed by atoms with Crippen molar-refractivity contribution in [1.29, 1.82) is 0 Å². The fraction of sp³-hybridized carbons (Fsp3) is 0.217. The molecule has 7 nitrogen and oxygen atoms in total. The number of pyridine rings is 1. The van der Waals surface area contributed by atoms with Gasteiger partial charge < -0.3 is 10.1 Å². The Morgan fingerprint density at radius 2 is 1.88 bits per heavy atom. The van der Waals surface area contributed by atoms with Crippen LogP contribution < -0.4 is 5.32 Å². The Labute approximate surface area is 192 Å². The first-order chi connectivity index (χ1) is 15.7. The molecule has 0 radical (unpaired) electrons. The van der Waals surface area contributed by atoms with Gasteiger partial charge in [-0.05, 0) is 45.0 Å². The summed E-state index contributed by atoms with van der Waals surface area (Å²) >= 11 is 1.53. The lowest BCUT2D eigenvalue weighted by molar-refractivity contribution is 0.0595. The molecule has 33 heavy (non-hydrogen) atoms. The maximum atomic E-state index is 14.4. The predicted molar refractivity (Wildman–Crippen MR) is 122 cm³/mol. The zero-order valence-electron chi connectivity index (χ0n) is 18.3. The van der Waals surface area contributed by atoms with Gasteiger partial charge in [0, 0.05) is 17.0 Å². The van der Waals surface area contributed by atoms with Gasteiger partial charge in [-0.2, -0.15) is 5.10 Å². The highest BCUT2D eigenvalue weighted by atomic mass is 32.1. The van der Waals surface area contributed by atoms with Gasteiger partial charge in [0.2, 0.25) is 0 Å². The zero-order chi connectivity index (χ0) is 23.9. The molecule has 170 valence electrons. The van der Waals surface area contributed by atoms with E-state index in [0.717, 1.165) is 22.9 Å². The fourth-order valence-electron chi connectivity index (χ4n) is 3.38. The third-order valence-corrected chi connectivity index (χ3v) is 6.03. The maximum Gasteiger partial charge on any atom is 0.340 e. The van der Waals surface area contributed by atoms with Crippen molar-refractivity contribution in [3.8, 4) is 10.6 Å². The summed E-state index contributed by atoms with van der Waals surface area (Å²) in [4.78, 5) is 31.7. The van der Waals surface area contributed by atoms with Gasteiger partial charge in [0.15, 0.2) is 5.65 Å². The highest BCUT2D eigenvalue weighted by Gasteiger charge is 2.22. The van der Waals surface area contributed by atoms with Crippen LogP contribution in [0.5, 0.6) is 0 Å². The van der Waals surface area contributed by atoms with E-state index in [1.54, 1.807) is 10.7 Å². The fourth-order valence-corrected chi connectivity index (χ4v) is 4.21. The maximum absolute atomic E-state index is 14.4. The smallest absolute Gasteiger partial charge is 0.340 e. The molecule has 0 atom stereocenters. The van der Waals surface area contributed by atoms with E-state index in [4.69, 9.17) is 4.98 Å². The number of aryl methyl sites for hydroxylation is 1. The van der Waals surface area contributed by atoms with Crippen LogP contribution in [0.15, 0.2) is 36.5 Å².